The van der Waals surface area contributed by atoms with Crippen molar-refractivity contribution in [3.8, 4) is 11.3 Å². The number of hydrogen-bond acceptors (Lipinski definition) is 5. The molecule has 2 N–H and O–H groups in total. The van der Waals surface area contributed by atoms with Gasteiger partial charge in [0.1, 0.15) is 5.82 Å². The van der Waals surface area contributed by atoms with E-state index in [1.807, 2.05) is 54.6 Å². The van der Waals surface area contributed by atoms with Crippen LogP contribution in [0.5, 0.6) is 0 Å². The van der Waals surface area contributed by atoms with Crippen LogP contribution in [0.15, 0.2) is 66.7 Å². The standard InChI is InChI=1S/C20H23N5/c1-25(2)14-13-21-19-15-18(16-9-5-3-6-10-16)23-20(24-19)22-17-11-7-4-8-12-17/h3-12,15H,13-14H2,1-2H3,(H2,21,22,23,24). The molecule has 0 aliphatic rings. The van der Waals surface area contributed by atoms with E-state index in [-0.39, 0.29) is 0 Å². The lowest BCUT2D eigenvalue weighted by Gasteiger charge is -2.13. The molecule has 1 aromatic heterocycles. The molecule has 25 heavy (non-hydrogen) atoms. The van der Waals surface area contributed by atoms with Gasteiger partial charge >= 0.3 is 0 Å². The molecule has 0 aliphatic heterocycles. The van der Waals surface area contributed by atoms with Crippen LogP contribution in [0.25, 0.3) is 11.3 Å². The number of anilines is 3. The van der Waals surface area contributed by atoms with E-state index in [1.165, 1.54) is 0 Å². The monoisotopic (exact) mass is 333 g/mol. The Labute approximate surface area is 148 Å². The van der Waals surface area contributed by atoms with E-state index in [2.05, 4.69) is 51.7 Å². The average Bonchev–Trinajstić information content (AvgIpc) is 2.63. The van der Waals surface area contributed by atoms with Crippen LogP contribution in [-0.2, 0) is 0 Å². The number of hydrogen-bond donors (Lipinski definition) is 2. The van der Waals surface area contributed by atoms with Crippen molar-refractivity contribution in [1.29, 1.82) is 0 Å². The predicted molar refractivity (Wildman–Crippen MR) is 104 cm³/mol. The quantitative estimate of drug-likeness (QED) is 0.687. The lowest BCUT2D eigenvalue weighted by molar-refractivity contribution is 0.425. The lowest BCUT2D eigenvalue weighted by atomic mass is 10.1. The molecular weight excluding hydrogens is 310 g/mol. The number of nitrogens with one attached hydrogen (secondary N) is 2. The highest BCUT2D eigenvalue weighted by molar-refractivity contribution is 5.66. The molecule has 2 aromatic carbocycles. The minimum Gasteiger partial charge on any atom is -0.369 e. The van der Waals surface area contributed by atoms with Crippen molar-refractivity contribution in [2.45, 2.75) is 0 Å². The predicted octanol–water partition coefficient (Wildman–Crippen LogP) is 3.86. The van der Waals surface area contributed by atoms with Crippen molar-refractivity contribution >= 4 is 17.5 Å². The number of rotatable bonds is 7. The van der Waals surface area contributed by atoms with Gasteiger partial charge in [0, 0.05) is 30.4 Å². The lowest BCUT2D eigenvalue weighted by Crippen LogP contribution is -2.21. The Kier molecular flexibility index (Phi) is 5.59. The molecule has 0 unspecified atom stereocenters. The second-order valence-electron chi connectivity index (χ2n) is 6.05. The van der Waals surface area contributed by atoms with Crippen molar-refractivity contribution in [3.05, 3.63) is 66.7 Å². The van der Waals surface area contributed by atoms with Crippen LogP contribution in [0.1, 0.15) is 0 Å². The summed E-state index contributed by atoms with van der Waals surface area (Å²) in [5.74, 6) is 1.40. The first kappa shape index (κ1) is 16.9. The maximum Gasteiger partial charge on any atom is 0.229 e. The maximum absolute atomic E-state index is 4.67. The van der Waals surface area contributed by atoms with E-state index >= 15 is 0 Å². The van der Waals surface area contributed by atoms with Crippen molar-refractivity contribution < 1.29 is 0 Å². The highest BCUT2D eigenvalue weighted by Gasteiger charge is 2.07. The molecule has 0 aliphatic carbocycles. The average molecular weight is 333 g/mol. The van der Waals surface area contributed by atoms with E-state index in [1.54, 1.807) is 0 Å². The van der Waals surface area contributed by atoms with Gasteiger partial charge in [-0.25, -0.2) is 4.98 Å². The van der Waals surface area contributed by atoms with Gasteiger partial charge in [0.2, 0.25) is 5.95 Å². The van der Waals surface area contributed by atoms with Crippen LogP contribution >= 0.6 is 0 Å². The second kappa shape index (κ2) is 8.26. The fourth-order valence-electron chi connectivity index (χ4n) is 2.41. The van der Waals surface area contributed by atoms with Gasteiger partial charge in [-0.2, -0.15) is 4.98 Å². The Morgan fingerprint density at radius 3 is 2.24 bits per heavy atom. The minimum atomic E-state index is 0.583. The summed E-state index contributed by atoms with van der Waals surface area (Å²) >= 11 is 0. The van der Waals surface area contributed by atoms with E-state index in [0.29, 0.717) is 5.95 Å². The Morgan fingerprint density at radius 1 is 0.880 bits per heavy atom. The van der Waals surface area contributed by atoms with Crippen LogP contribution in [0.4, 0.5) is 17.5 Å². The summed E-state index contributed by atoms with van der Waals surface area (Å²) < 4.78 is 0. The van der Waals surface area contributed by atoms with E-state index in [9.17, 15) is 0 Å². The summed E-state index contributed by atoms with van der Waals surface area (Å²) in [5.41, 5.74) is 2.92. The van der Waals surface area contributed by atoms with Gasteiger partial charge in [-0.3, -0.25) is 0 Å². The van der Waals surface area contributed by atoms with Gasteiger partial charge in [-0.05, 0) is 26.2 Å². The zero-order chi connectivity index (χ0) is 17.5. The first-order valence-electron chi connectivity index (χ1n) is 8.36. The third-order valence-corrected chi connectivity index (χ3v) is 3.69. The first-order valence-corrected chi connectivity index (χ1v) is 8.36. The molecule has 0 spiro atoms. The molecule has 128 valence electrons. The van der Waals surface area contributed by atoms with Gasteiger partial charge < -0.3 is 15.5 Å². The van der Waals surface area contributed by atoms with Gasteiger partial charge in [0.15, 0.2) is 0 Å². The molecule has 0 amide bonds. The van der Waals surface area contributed by atoms with Crippen LogP contribution < -0.4 is 10.6 Å². The molecule has 0 saturated heterocycles. The van der Waals surface area contributed by atoms with Crippen molar-refractivity contribution in [1.82, 2.24) is 14.9 Å². The first-order chi connectivity index (χ1) is 12.2. The molecule has 0 bridgehead atoms. The summed E-state index contributed by atoms with van der Waals surface area (Å²) in [5, 5.41) is 6.66. The Bertz CT molecular complexity index is 788. The molecule has 0 radical (unpaired) electrons. The number of nitrogens with zero attached hydrogens (tertiary/aromatic N) is 3. The topological polar surface area (TPSA) is 53.1 Å². The number of likely N-dealkylation sites (N-methyl/N-ethyl adjacent to an activating group) is 1. The highest BCUT2D eigenvalue weighted by Crippen LogP contribution is 2.22. The van der Waals surface area contributed by atoms with Crippen LogP contribution in [0.3, 0.4) is 0 Å². The molecule has 0 fully saturated rings. The number of benzene rings is 2. The minimum absolute atomic E-state index is 0.583. The van der Waals surface area contributed by atoms with E-state index in [4.69, 9.17) is 0 Å². The normalized spacial score (nSPS) is 10.7. The van der Waals surface area contributed by atoms with Gasteiger partial charge in [0.05, 0.1) is 5.69 Å². The summed E-state index contributed by atoms with van der Waals surface area (Å²) in [6.07, 6.45) is 0. The molecule has 5 nitrogen and oxygen atoms in total. The molecule has 3 rings (SSSR count). The summed E-state index contributed by atoms with van der Waals surface area (Å²) in [4.78, 5) is 11.4. The molecule has 0 saturated carbocycles. The summed E-state index contributed by atoms with van der Waals surface area (Å²) in [6, 6.07) is 22.1. The fraction of sp³-hybridized carbons (Fsp3) is 0.200. The van der Waals surface area contributed by atoms with Gasteiger partial charge in [-0.15, -0.1) is 0 Å². The zero-order valence-electron chi connectivity index (χ0n) is 14.6. The van der Waals surface area contributed by atoms with Crippen molar-refractivity contribution in [3.63, 3.8) is 0 Å². The van der Waals surface area contributed by atoms with E-state index < -0.39 is 0 Å². The fourth-order valence-corrected chi connectivity index (χ4v) is 2.41. The molecule has 1 heterocycles. The molecule has 0 atom stereocenters. The van der Waals surface area contributed by atoms with Crippen LogP contribution in [-0.4, -0.2) is 42.1 Å². The number of aromatic nitrogens is 2. The third-order valence-electron chi connectivity index (χ3n) is 3.69. The van der Waals surface area contributed by atoms with Crippen LogP contribution in [0, 0.1) is 0 Å². The van der Waals surface area contributed by atoms with Gasteiger partial charge in [-0.1, -0.05) is 48.5 Å². The van der Waals surface area contributed by atoms with Gasteiger partial charge in [0.25, 0.3) is 0 Å². The van der Waals surface area contributed by atoms with Crippen molar-refractivity contribution in [2.75, 3.05) is 37.8 Å². The highest BCUT2D eigenvalue weighted by atomic mass is 15.2. The Morgan fingerprint density at radius 2 is 1.56 bits per heavy atom. The molecular formula is C20H23N5. The SMILES string of the molecule is CN(C)CCNc1cc(-c2ccccc2)nc(Nc2ccccc2)n1. The number of para-hydroxylation sites is 1. The smallest absolute Gasteiger partial charge is 0.229 e. The maximum atomic E-state index is 4.67. The van der Waals surface area contributed by atoms with Crippen LogP contribution in [0.2, 0.25) is 0 Å². The second-order valence-corrected chi connectivity index (χ2v) is 6.05. The third kappa shape index (κ3) is 5.02. The Balaban J connectivity index is 1.87. The van der Waals surface area contributed by atoms with E-state index in [0.717, 1.165) is 35.9 Å². The molecule has 5 heteroatoms. The van der Waals surface area contributed by atoms with Crippen molar-refractivity contribution in [2.24, 2.45) is 0 Å². The molecule has 3 aromatic rings. The Hall–Kier alpha value is -2.92. The zero-order valence-corrected chi connectivity index (χ0v) is 14.6. The summed E-state index contributed by atoms with van der Waals surface area (Å²) in [6.45, 7) is 1.76. The largest absolute Gasteiger partial charge is 0.369 e. The summed E-state index contributed by atoms with van der Waals surface area (Å²) in [7, 11) is 4.11.